The van der Waals surface area contributed by atoms with E-state index in [1.165, 1.54) is 88.3 Å². The molecule has 0 aliphatic heterocycles. The minimum atomic E-state index is 1.05. The molecule has 74 heavy (non-hydrogen) atoms. The van der Waals surface area contributed by atoms with Crippen LogP contribution in [0.25, 0.3) is 77.2 Å². The summed E-state index contributed by atoms with van der Waals surface area (Å²) in [6.07, 6.45) is 0. The number of benzene rings is 12. The van der Waals surface area contributed by atoms with Gasteiger partial charge in [0.1, 0.15) is 0 Å². The Morgan fingerprint density at radius 2 is 0.486 bits per heavy atom. The highest BCUT2D eigenvalue weighted by atomic mass is 79.9. The molecule has 0 saturated heterocycles. The van der Waals surface area contributed by atoms with Gasteiger partial charge in [0.2, 0.25) is 0 Å². The maximum Gasteiger partial charge on any atom is 0.0462 e. The normalized spacial score (nSPS) is 11.2. The van der Waals surface area contributed by atoms with Gasteiger partial charge >= 0.3 is 0 Å². The van der Waals surface area contributed by atoms with Crippen LogP contribution in [0.4, 0.5) is 34.1 Å². The van der Waals surface area contributed by atoms with Gasteiger partial charge in [0, 0.05) is 43.1 Å². The highest BCUT2D eigenvalue weighted by molar-refractivity contribution is 9.10. The second-order valence-electron chi connectivity index (χ2n) is 18.9. The van der Waals surface area contributed by atoms with Crippen LogP contribution in [0.2, 0.25) is 0 Å². The first-order valence-corrected chi connectivity index (χ1v) is 26.6. The van der Waals surface area contributed by atoms with Gasteiger partial charge in [-0.15, -0.1) is 0 Å². The first-order chi connectivity index (χ1) is 36.3. The summed E-state index contributed by atoms with van der Waals surface area (Å²) in [5, 5.41) is 4.96. The summed E-state index contributed by atoms with van der Waals surface area (Å²) in [6.45, 7) is 4.56. The Balaban J connectivity index is 0.894. The lowest BCUT2D eigenvalue weighted by atomic mass is 9.83. The van der Waals surface area contributed by atoms with Gasteiger partial charge in [0.25, 0.3) is 0 Å². The van der Waals surface area contributed by atoms with E-state index in [0.29, 0.717) is 0 Å². The Bertz CT molecular complexity index is 3670. The van der Waals surface area contributed by atoms with E-state index in [1.54, 1.807) is 0 Å². The molecular formula is C70H50Br2N2. The van der Waals surface area contributed by atoms with Crippen molar-refractivity contribution in [2.75, 3.05) is 9.80 Å². The fraction of sp³-hybridized carbons (Fsp3) is 0.0286. The predicted octanol–water partition coefficient (Wildman–Crippen LogP) is 21.4. The smallest absolute Gasteiger partial charge is 0.0462 e. The summed E-state index contributed by atoms with van der Waals surface area (Å²) in [7, 11) is 0. The highest BCUT2D eigenvalue weighted by Crippen LogP contribution is 2.46. The van der Waals surface area contributed by atoms with E-state index in [0.717, 1.165) is 43.1 Å². The molecule has 2 nitrogen and oxygen atoms in total. The van der Waals surface area contributed by atoms with Crippen LogP contribution in [0.3, 0.4) is 0 Å². The molecule has 0 fully saturated rings. The number of hydrogen-bond donors (Lipinski definition) is 0. The standard InChI is InChI=1S/C70H50Br2N2/c1-47-45-67(53-25-37-59(38-26-53)73(61-41-29-55(71)30-42-61)57-33-21-51(22-34-57)49-13-5-3-6-14-49)63-17-9-11-19-65(63)69(47)70-48(2)46-68(64-18-10-12-20-66(64)70)54-27-39-60(40-28-54)74(62-43-31-56(72)32-44-62)58-35-23-52(24-36-58)50-15-7-4-8-16-50/h3-46H,1-2H3. The molecule has 354 valence electrons. The lowest BCUT2D eigenvalue weighted by Crippen LogP contribution is -2.09. The minimum absolute atomic E-state index is 1.05. The zero-order valence-corrected chi connectivity index (χ0v) is 44.2. The second kappa shape index (κ2) is 20.3. The van der Waals surface area contributed by atoms with Crippen LogP contribution in [-0.2, 0) is 0 Å². The van der Waals surface area contributed by atoms with Gasteiger partial charge in [-0.3, -0.25) is 0 Å². The van der Waals surface area contributed by atoms with Crippen molar-refractivity contribution in [3.63, 3.8) is 0 Å². The van der Waals surface area contributed by atoms with Crippen LogP contribution >= 0.6 is 31.9 Å². The van der Waals surface area contributed by atoms with E-state index in [1.807, 2.05) is 0 Å². The molecule has 12 aromatic rings. The Morgan fingerprint density at radius 1 is 0.243 bits per heavy atom. The zero-order chi connectivity index (χ0) is 50.1. The summed E-state index contributed by atoms with van der Waals surface area (Å²) in [4.78, 5) is 4.65. The lowest BCUT2D eigenvalue weighted by Gasteiger charge is -2.26. The maximum absolute atomic E-state index is 3.66. The molecule has 0 spiro atoms. The van der Waals surface area contributed by atoms with Gasteiger partial charge in [0.05, 0.1) is 0 Å². The van der Waals surface area contributed by atoms with Crippen molar-refractivity contribution in [2.24, 2.45) is 0 Å². The zero-order valence-electron chi connectivity index (χ0n) is 41.1. The molecule has 0 aromatic heterocycles. The Labute approximate surface area is 450 Å². The molecule has 0 unspecified atom stereocenters. The van der Waals surface area contributed by atoms with E-state index >= 15 is 0 Å². The Morgan fingerprint density at radius 3 is 0.797 bits per heavy atom. The van der Waals surface area contributed by atoms with Gasteiger partial charge in [-0.05, 0) is 199 Å². The lowest BCUT2D eigenvalue weighted by molar-refractivity contribution is 1.28. The van der Waals surface area contributed by atoms with Crippen molar-refractivity contribution in [1.82, 2.24) is 0 Å². The number of hydrogen-bond acceptors (Lipinski definition) is 2. The minimum Gasteiger partial charge on any atom is -0.311 e. The highest BCUT2D eigenvalue weighted by Gasteiger charge is 2.21. The molecule has 0 aliphatic rings. The summed E-state index contributed by atoms with van der Waals surface area (Å²) in [5.74, 6) is 0. The third-order valence-corrected chi connectivity index (χ3v) is 15.3. The second-order valence-corrected chi connectivity index (χ2v) is 20.7. The molecule has 0 amide bonds. The quantitative estimate of drug-likeness (QED) is 0.127. The maximum atomic E-state index is 3.66. The molecule has 12 aromatic carbocycles. The van der Waals surface area contributed by atoms with Crippen LogP contribution in [0, 0.1) is 13.8 Å². The molecule has 0 saturated carbocycles. The van der Waals surface area contributed by atoms with Crippen molar-refractivity contribution in [2.45, 2.75) is 13.8 Å². The SMILES string of the molecule is Cc1cc(-c2ccc(N(c3ccc(Br)cc3)c3ccc(-c4ccccc4)cc3)cc2)c2ccccc2c1-c1c(C)cc(-c2ccc(N(c3ccc(Br)cc3)c3ccc(-c4ccccc4)cc3)cc2)c2ccccc12. The largest absolute Gasteiger partial charge is 0.311 e. The molecule has 12 rings (SSSR count). The first-order valence-electron chi connectivity index (χ1n) is 25.0. The molecule has 0 N–H and O–H groups in total. The number of aryl methyl sites for hydroxylation is 2. The molecule has 0 aliphatic carbocycles. The monoisotopic (exact) mass is 1080 g/mol. The Hall–Kier alpha value is -8.28. The summed E-state index contributed by atoms with van der Waals surface area (Å²) >= 11 is 7.31. The van der Waals surface area contributed by atoms with Gasteiger partial charge < -0.3 is 9.80 Å². The van der Waals surface area contributed by atoms with Crippen molar-refractivity contribution in [3.05, 3.63) is 287 Å². The van der Waals surface area contributed by atoms with Crippen LogP contribution in [-0.4, -0.2) is 0 Å². The van der Waals surface area contributed by atoms with Crippen LogP contribution in [0.5, 0.6) is 0 Å². The predicted molar refractivity (Wildman–Crippen MR) is 323 cm³/mol. The Kier molecular flexibility index (Phi) is 12.8. The van der Waals surface area contributed by atoms with Gasteiger partial charge in [0.15, 0.2) is 0 Å². The summed E-state index contributed by atoms with van der Waals surface area (Å²) < 4.78 is 2.10. The van der Waals surface area contributed by atoms with Gasteiger partial charge in [-0.25, -0.2) is 0 Å². The summed E-state index contributed by atoms with van der Waals surface area (Å²) in [6, 6.07) is 96.7. The van der Waals surface area contributed by atoms with Crippen molar-refractivity contribution in [1.29, 1.82) is 0 Å². The van der Waals surface area contributed by atoms with Gasteiger partial charge in [-0.1, -0.05) is 202 Å². The van der Waals surface area contributed by atoms with E-state index in [-0.39, 0.29) is 0 Å². The van der Waals surface area contributed by atoms with Crippen LogP contribution in [0.15, 0.2) is 276 Å². The fourth-order valence-electron chi connectivity index (χ4n) is 10.7. The van der Waals surface area contributed by atoms with Crippen molar-refractivity contribution >= 4 is 87.5 Å². The molecule has 4 heteroatoms. The molecule has 0 radical (unpaired) electrons. The van der Waals surface area contributed by atoms with E-state index in [4.69, 9.17) is 0 Å². The molecule has 0 bridgehead atoms. The number of anilines is 6. The number of halogens is 2. The first kappa shape index (κ1) is 46.8. The topological polar surface area (TPSA) is 6.48 Å². The molecular weight excluding hydrogens is 1030 g/mol. The fourth-order valence-corrected chi connectivity index (χ4v) is 11.2. The molecule has 0 atom stereocenters. The van der Waals surface area contributed by atoms with Crippen LogP contribution in [0.1, 0.15) is 11.1 Å². The van der Waals surface area contributed by atoms with E-state index in [2.05, 4.69) is 322 Å². The number of nitrogens with zero attached hydrogens (tertiary/aromatic N) is 2. The average Bonchev–Trinajstić information content (AvgIpc) is 3.45. The van der Waals surface area contributed by atoms with Crippen molar-refractivity contribution < 1.29 is 0 Å². The van der Waals surface area contributed by atoms with E-state index in [9.17, 15) is 0 Å². The number of fused-ring (bicyclic) bond motifs is 2. The van der Waals surface area contributed by atoms with Gasteiger partial charge in [-0.2, -0.15) is 0 Å². The molecule has 0 heterocycles. The average molecular weight is 1080 g/mol. The van der Waals surface area contributed by atoms with Crippen molar-refractivity contribution in [3.8, 4) is 55.6 Å². The van der Waals surface area contributed by atoms with Crippen LogP contribution < -0.4 is 9.80 Å². The number of rotatable bonds is 11. The third-order valence-electron chi connectivity index (χ3n) is 14.2. The summed E-state index contributed by atoms with van der Waals surface area (Å²) in [5.41, 5.74) is 21.2. The van der Waals surface area contributed by atoms with E-state index < -0.39 is 0 Å². The third kappa shape index (κ3) is 9.13.